The first-order valence-corrected chi connectivity index (χ1v) is 6.84. The number of rotatable bonds is 3. The van der Waals surface area contributed by atoms with Crippen molar-refractivity contribution in [1.82, 2.24) is 4.98 Å². The Bertz CT molecular complexity index is 827. The van der Waals surface area contributed by atoms with Crippen LogP contribution in [0.3, 0.4) is 0 Å². The smallest absolute Gasteiger partial charge is 0.186 e. The fraction of sp³-hybridized carbons (Fsp3) is 0.0588. The van der Waals surface area contributed by atoms with Gasteiger partial charge in [0.15, 0.2) is 5.78 Å². The van der Waals surface area contributed by atoms with Crippen LogP contribution in [0, 0.1) is 5.82 Å². The molecule has 2 nitrogen and oxygen atoms in total. The molecule has 0 saturated heterocycles. The van der Waals surface area contributed by atoms with Crippen LogP contribution in [0.4, 0.5) is 4.39 Å². The van der Waals surface area contributed by atoms with Gasteiger partial charge >= 0.3 is 0 Å². The number of ketones is 1. The van der Waals surface area contributed by atoms with Crippen molar-refractivity contribution in [2.45, 2.75) is 6.42 Å². The third kappa shape index (κ3) is 2.65. The fourth-order valence-corrected chi connectivity index (χ4v) is 2.48. The Balaban J connectivity index is 2.00. The average molecular weight is 300 g/mol. The van der Waals surface area contributed by atoms with E-state index in [1.807, 2.05) is 30.3 Å². The summed E-state index contributed by atoms with van der Waals surface area (Å²) in [4.78, 5) is 16.6. The summed E-state index contributed by atoms with van der Waals surface area (Å²) in [5.74, 6) is -0.777. The van der Waals surface area contributed by atoms with E-state index in [9.17, 15) is 9.18 Å². The average Bonchev–Trinajstić information content (AvgIpc) is 2.51. The van der Waals surface area contributed by atoms with Gasteiger partial charge in [-0.25, -0.2) is 4.39 Å². The van der Waals surface area contributed by atoms with E-state index in [1.54, 1.807) is 18.3 Å². The van der Waals surface area contributed by atoms with E-state index < -0.39 is 5.82 Å². The Labute approximate surface area is 126 Å². The number of aromatic nitrogens is 1. The quantitative estimate of drug-likeness (QED) is 0.669. The number of hydrogen-bond acceptors (Lipinski definition) is 2. The van der Waals surface area contributed by atoms with Gasteiger partial charge in [-0.2, -0.15) is 0 Å². The molecule has 4 heteroatoms. The molecule has 0 fully saturated rings. The standard InChI is InChI=1S/C17H11ClFNO/c18-14-7-3-5-12(16(14)19)10-15(21)17-13-6-2-1-4-11(13)8-9-20-17/h1-9H,10H2. The summed E-state index contributed by atoms with van der Waals surface area (Å²) in [5, 5.41) is 1.72. The molecule has 0 bridgehead atoms. The van der Waals surface area contributed by atoms with Crippen LogP contribution < -0.4 is 0 Å². The lowest BCUT2D eigenvalue weighted by Gasteiger charge is -2.06. The Hall–Kier alpha value is -2.26. The maximum absolute atomic E-state index is 13.9. The molecule has 3 aromatic rings. The molecule has 104 valence electrons. The van der Waals surface area contributed by atoms with Gasteiger partial charge in [0.1, 0.15) is 11.5 Å². The summed E-state index contributed by atoms with van der Waals surface area (Å²) in [6, 6.07) is 14.0. The van der Waals surface area contributed by atoms with Gasteiger partial charge in [0.05, 0.1) is 5.02 Å². The van der Waals surface area contributed by atoms with Crippen LogP contribution >= 0.6 is 11.6 Å². The molecule has 0 aliphatic rings. The summed E-state index contributed by atoms with van der Waals surface area (Å²) in [6.45, 7) is 0. The van der Waals surface area contributed by atoms with E-state index in [0.29, 0.717) is 5.69 Å². The molecule has 0 saturated carbocycles. The van der Waals surface area contributed by atoms with Crippen molar-refractivity contribution in [1.29, 1.82) is 0 Å². The van der Waals surface area contributed by atoms with Crippen molar-refractivity contribution in [3.05, 3.63) is 76.8 Å². The van der Waals surface area contributed by atoms with Crippen LogP contribution in [-0.2, 0) is 6.42 Å². The second-order valence-corrected chi connectivity index (χ2v) is 5.10. The summed E-state index contributed by atoms with van der Waals surface area (Å²) >= 11 is 5.74. The van der Waals surface area contributed by atoms with Gasteiger partial charge in [0.25, 0.3) is 0 Å². The van der Waals surface area contributed by atoms with Gasteiger partial charge in [0.2, 0.25) is 0 Å². The summed E-state index contributed by atoms with van der Waals surface area (Å²) in [6.07, 6.45) is 1.53. The van der Waals surface area contributed by atoms with Gasteiger partial charge in [-0.1, -0.05) is 48.0 Å². The molecule has 1 heterocycles. The first-order chi connectivity index (χ1) is 10.2. The van der Waals surface area contributed by atoms with Gasteiger partial charge in [-0.15, -0.1) is 0 Å². The molecule has 0 unspecified atom stereocenters. The van der Waals surface area contributed by atoms with E-state index in [4.69, 9.17) is 11.6 Å². The summed E-state index contributed by atoms with van der Waals surface area (Å²) in [7, 11) is 0. The predicted molar refractivity (Wildman–Crippen MR) is 81.2 cm³/mol. The Morgan fingerprint density at radius 2 is 1.90 bits per heavy atom. The molecule has 0 atom stereocenters. The van der Waals surface area contributed by atoms with Gasteiger partial charge in [-0.3, -0.25) is 9.78 Å². The number of hydrogen-bond donors (Lipinski definition) is 0. The molecule has 3 rings (SSSR count). The summed E-state index contributed by atoms with van der Waals surface area (Å²) < 4.78 is 13.9. The fourth-order valence-electron chi connectivity index (χ4n) is 2.28. The first kappa shape index (κ1) is 13.7. The van der Waals surface area contributed by atoms with Gasteiger partial charge in [-0.05, 0) is 23.1 Å². The van der Waals surface area contributed by atoms with Crippen LogP contribution in [0.25, 0.3) is 10.8 Å². The Morgan fingerprint density at radius 1 is 1.10 bits per heavy atom. The molecule has 0 aliphatic carbocycles. The third-order valence-electron chi connectivity index (χ3n) is 3.32. The van der Waals surface area contributed by atoms with Crippen molar-refractivity contribution in [3.8, 4) is 0 Å². The zero-order valence-corrected chi connectivity index (χ0v) is 11.8. The van der Waals surface area contributed by atoms with Crippen LogP contribution in [0.2, 0.25) is 5.02 Å². The number of fused-ring (bicyclic) bond motifs is 1. The molecule has 0 N–H and O–H groups in total. The molecule has 1 aromatic heterocycles. The predicted octanol–water partition coefficient (Wildman–Crippen LogP) is 4.45. The number of carbonyl (C=O) groups is 1. The van der Waals surface area contributed by atoms with Crippen LogP contribution in [0.5, 0.6) is 0 Å². The molecular weight excluding hydrogens is 289 g/mol. The highest BCUT2D eigenvalue weighted by Crippen LogP contribution is 2.21. The number of Topliss-reactive ketones (excluding diaryl/α,β-unsaturated/α-hetero) is 1. The SMILES string of the molecule is O=C(Cc1cccc(Cl)c1F)c1nccc2ccccc12. The minimum Gasteiger partial charge on any atom is -0.292 e. The third-order valence-corrected chi connectivity index (χ3v) is 3.61. The maximum atomic E-state index is 13.9. The number of pyridine rings is 1. The lowest BCUT2D eigenvalue weighted by Crippen LogP contribution is -2.08. The second-order valence-electron chi connectivity index (χ2n) is 4.69. The maximum Gasteiger partial charge on any atom is 0.186 e. The minimum absolute atomic E-state index is 0.0196. The van der Waals surface area contributed by atoms with Crippen molar-refractivity contribution < 1.29 is 9.18 Å². The molecule has 0 aliphatic heterocycles. The molecular formula is C17H11ClFNO. The Kier molecular flexibility index (Phi) is 3.67. The van der Waals surface area contributed by atoms with E-state index in [1.165, 1.54) is 6.07 Å². The van der Waals surface area contributed by atoms with E-state index in [-0.39, 0.29) is 22.8 Å². The van der Waals surface area contributed by atoms with E-state index in [2.05, 4.69) is 4.98 Å². The molecule has 21 heavy (non-hydrogen) atoms. The normalized spacial score (nSPS) is 10.8. The van der Waals surface area contributed by atoms with Crippen LogP contribution in [-0.4, -0.2) is 10.8 Å². The van der Waals surface area contributed by atoms with E-state index in [0.717, 1.165) is 10.8 Å². The zero-order chi connectivity index (χ0) is 14.8. The number of carbonyl (C=O) groups excluding carboxylic acids is 1. The largest absolute Gasteiger partial charge is 0.292 e. The lowest BCUT2D eigenvalue weighted by molar-refractivity contribution is 0.0989. The van der Waals surface area contributed by atoms with Crippen molar-refractivity contribution in [3.63, 3.8) is 0 Å². The van der Waals surface area contributed by atoms with Gasteiger partial charge in [0, 0.05) is 18.0 Å². The lowest BCUT2D eigenvalue weighted by atomic mass is 10.0. The number of nitrogens with zero attached hydrogens (tertiary/aromatic N) is 1. The Morgan fingerprint density at radius 3 is 2.76 bits per heavy atom. The molecule has 2 aromatic carbocycles. The molecule has 0 spiro atoms. The minimum atomic E-state index is -0.548. The van der Waals surface area contributed by atoms with Crippen molar-refractivity contribution in [2.75, 3.05) is 0 Å². The monoisotopic (exact) mass is 299 g/mol. The number of halogens is 2. The topological polar surface area (TPSA) is 30.0 Å². The second kappa shape index (κ2) is 5.62. The zero-order valence-electron chi connectivity index (χ0n) is 11.0. The number of benzene rings is 2. The highest BCUT2D eigenvalue weighted by molar-refractivity contribution is 6.30. The molecule has 0 radical (unpaired) electrons. The first-order valence-electron chi connectivity index (χ1n) is 6.46. The summed E-state index contributed by atoms with van der Waals surface area (Å²) in [5.41, 5.74) is 0.634. The van der Waals surface area contributed by atoms with Crippen molar-refractivity contribution >= 4 is 28.2 Å². The highest BCUT2D eigenvalue weighted by atomic mass is 35.5. The highest BCUT2D eigenvalue weighted by Gasteiger charge is 2.15. The van der Waals surface area contributed by atoms with E-state index >= 15 is 0 Å². The molecule has 0 amide bonds. The van der Waals surface area contributed by atoms with Gasteiger partial charge < -0.3 is 0 Å². The van der Waals surface area contributed by atoms with Crippen molar-refractivity contribution in [2.24, 2.45) is 0 Å². The van der Waals surface area contributed by atoms with Crippen LogP contribution in [0.1, 0.15) is 16.1 Å². The van der Waals surface area contributed by atoms with Crippen LogP contribution in [0.15, 0.2) is 54.7 Å².